The van der Waals surface area contributed by atoms with Crippen molar-refractivity contribution in [3.8, 4) is 0 Å². The summed E-state index contributed by atoms with van der Waals surface area (Å²) in [7, 11) is 0. The Bertz CT molecular complexity index is 552. The van der Waals surface area contributed by atoms with Gasteiger partial charge < -0.3 is 5.11 Å². The molecule has 0 amide bonds. The molecule has 0 aliphatic heterocycles. The van der Waals surface area contributed by atoms with Crippen LogP contribution in [0.4, 0.5) is 0 Å². The van der Waals surface area contributed by atoms with Crippen molar-refractivity contribution < 1.29 is 9.90 Å². The maximum atomic E-state index is 13.1. The fraction of sp³-hybridized carbons (Fsp3) is 0.696. The summed E-state index contributed by atoms with van der Waals surface area (Å²) >= 11 is 0. The molecule has 0 spiro atoms. The van der Waals surface area contributed by atoms with Crippen LogP contribution in [-0.4, -0.2) is 10.9 Å². The number of unbranched alkanes of at least 4 members (excludes halogenated alkanes) is 5. The lowest BCUT2D eigenvalue weighted by atomic mass is 9.76. The van der Waals surface area contributed by atoms with E-state index in [1.165, 1.54) is 38.5 Å². The van der Waals surface area contributed by atoms with Crippen LogP contribution >= 0.6 is 0 Å². The molecule has 1 N–H and O–H groups in total. The number of ketones is 1. The Hall–Kier alpha value is -1.15. The van der Waals surface area contributed by atoms with Crippen LogP contribution in [0.5, 0.6) is 0 Å². The van der Waals surface area contributed by atoms with Crippen molar-refractivity contribution in [2.75, 3.05) is 0 Å². The first-order valence-corrected chi connectivity index (χ1v) is 10.5. The number of carbonyl (C=O) groups is 1. The third-order valence-electron chi connectivity index (χ3n) is 6.63. The maximum Gasteiger partial charge on any atom is 0.139 e. The SMILES string of the molecule is CCCCCCCCC(=O)[C@@H]1[C@H]2CCC[C@H]2C[C@@]1(O)c1ccccc1. The van der Waals surface area contributed by atoms with Gasteiger partial charge in [0.05, 0.1) is 11.5 Å². The Kier molecular flexibility index (Phi) is 6.33. The quantitative estimate of drug-likeness (QED) is 0.590. The number of benzene rings is 1. The third-order valence-corrected chi connectivity index (χ3v) is 6.63. The van der Waals surface area contributed by atoms with Gasteiger partial charge in [0.25, 0.3) is 0 Å². The molecule has 2 aliphatic carbocycles. The topological polar surface area (TPSA) is 37.3 Å². The van der Waals surface area contributed by atoms with E-state index in [-0.39, 0.29) is 5.92 Å². The molecule has 2 saturated carbocycles. The second-order valence-corrected chi connectivity index (χ2v) is 8.31. The molecule has 0 aromatic heterocycles. The summed E-state index contributed by atoms with van der Waals surface area (Å²) in [6, 6.07) is 9.96. The molecule has 1 aromatic carbocycles. The second-order valence-electron chi connectivity index (χ2n) is 8.31. The van der Waals surface area contributed by atoms with Crippen LogP contribution in [-0.2, 0) is 10.4 Å². The average Bonchev–Trinajstić information content (AvgIpc) is 3.17. The number of carbonyl (C=O) groups excluding carboxylic acids is 1. The van der Waals surface area contributed by atoms with Crippen molar-refractivity contribution in [2.24, 2.45) is 17.8 Å². The number of rotatable bonds is 9. The molecule has 0 heterocycles. The van der Waals surface area contributed by atoms with Gasteiger partial charge in [0.1, 0.15) is 5.78 Å². The fourth-order valence-corrected chi connectivity index (χ4v) is 5.40. The summed E-state index contributed by atoms with van der Waals surface area (Å²) in [5.74, 6) is 1.07. The average molecular weight is 343 g/mol. The molecule has 2 fully saturated rings. The van der Waals surface area contributed by atoms with E-state index in [0.717, 1.165) is 31.2 Å². The van der Waals surface area contributed by atoms with Gasteiger partial charge in [0.2, 0.25) is 0 Å². The molecule has 2 heteroatoms. The van der Waals surface area contributed by atoms with Crippen LogP contribution in [0.3, 0.4) is 0 Å². The lowest BCUT2D eigenvalue weighted by Gasteiger charge is -2.32. The standard InChI is InChI=1S/C23H34O2/c1-2-3-4-5-6-10-16-21(24)22-20-15-11-12-18(20)17-23(22,25)19-13-8-7-9-14-19/h7-9,13-14,18,20,22,25H,2-6,10-12,15-17H2,1H3/t18-,20-,22-,23+/m0/s1. The van der Waals surface area contributed by atoms with Crippen molar-refractivity contribution in [3.63, 3.8) is 0 Å². The van der Waals surface area contributed by atoms with Gasteiger partial charge in [-0.15, -0.1) is 0 Å². The zero-order valence-corrected chi connectivity index (χ0v) is 15.8. The number of hydrogen-bond donors (Lipinski definition) is 1. The highest BCUT2D eigenvalue weighted by Gasteiger charge is 2.56. The van der Waals surface area contributed by atoms with E-state index < -0.39 is 5.60 Å². The summed E-state index contributed by atoms with van der Waals surface area (Å²) in [6.45, 7) is 2.23. The Morgan fingerprint density at radius 3 is 2.56 bits per heavy atom. The molecule has 2 aliphatic rings. The van der Waals surface area contributed by atoms with E-state index in [1.54, 1.807) is 0 Å². The molecule has 0 saturated heterocycles. The highest BCUT2D eigenvalue weighted by atomic mass is 16.3. The number of aliphatic hydroxyl groups is 1. The summed E-state index contributed by atoms with van der Waals surface area (Å²) < 4.78 is 0. The van der Waals surface area contributed by atoms with E-state index in [0.29, 0.717) is 24.0 Å². The summed E-state index contributed by atoms with van der Waals surface area (Å²) in [5, 5.41) is 11.6. The first kappa shape index (κ1) is 18.6. The van der Waals surface area contributed by atoms with E-state index in [9.17, 15) is 9.90 Å². The summed E-state index contributed by atoms with van der Waals surface area (Å²) in [5.41, 5.74) is 0.0155. The van der Waals surface area contributed by atoms with E-state index >= 15 is 0 Å². The van der Waals surface area contributed by atoms with Gasteiger partial charge in [-0.25, -0.2) is 0 Å². The number of Topliss-reactive ketones (excluding diaryl/α,β-unsaturated/α-hetero) is 1. The zero-order chi connectivity index (χ0) is 17.7. The monoisotopic (exact) mass is 342 g/mol. The Morgan fingerprint density at radius 1 is 1.08 bits per heavy atom. The van der Waals surface area contributed by atoms with Crippen molar-refractivity contribution in [1.82, 2.24) is 0 Å². The summed E-state index contributed by atoms with van der Waals surface area (Å²) in [6.07, 6.45) is 12.2. The largest absolute Gasteiger partial charge is 0.384 e. The molecule has 2 nitrogen and oxygen atoms in total. The Balaban J connectivity index is 1.66. The van der Waals surface area contributed by atoms with Gasteiger partial charge in [-0.3, -0.25) is 4.79 Å². The minimum Gasteiger partial charge on any atom is -0.384 e. The smallest absolute Gasteiger partial charge is 0.139 e. The Labute approximate surface area is 153 Å². The zero-order valence-electron chi connectivity index (χ0n) is 15.8. The van der Waals surface area contributed by atoms with Crippen LogP contribution in [0.15, 0.2) is 30.3 Å². The molecule has 0 unspecified atom stereocenters. The van der Waals surface area contributed by atoms with E-state index in [1.807, 2.05) is 30.3 Å². The number of hydrogen-bond acceptors (Lipinski definition) is 2. The van der Waals surface area contributed by atoms with Crippen LogP contribution < -0.4 is 0 Å². The van der Waals surface area contributed by atoms with Crippen LogP contribution in [0.2, 0.25) is 0 Å². The highest BCUT2D eigenvalue weighted by molar-refractivity contribution is 5.83. The van der Waals surface area contributed by atoms with Crippen molar-refractivity contribution in [1.29, 1.82) is 0 Å². The van der Waals surface area contributed by atoms with Crippen LogP contribution in [0.1, 0.15) is 83.1 Å². The first-order valence-electron chi connectivity index (χ1n) is 10.5. The van der Waals surface area contributed by atoms with Crippen molar-refractivity contribution in [3.05, 3.63) is 35.9 Å². The van der Waals surface area contributed by atoms with Gasteiger partial charge in [0.15, 0.2) is 0 Å². The molecule has 25 heavy (non-hydrogen) atoms. The molecule has 1 aromatic rings. The molecule has 0 radical (unpaired) electrons. The molecule has 138 valence electrons. The minimum absolute atomic E-state index is 0.182. The van der Waals surface area contributed by atoms with Gasteiger partial charge >= 0.3 is 0 Å². The Morgan fingerprint density at radius 2 is 1.80 bits per heavy atom. The van der Waals surface area contributed by atoms with Gasteiger partial charge in [-0.2, -0.15) is 0 Å². The molecular weight excluding hydrogens is 308 g/mol. The minimum atomic E-state index is -0.934. The fourth-order valence-electron chi connectivity index (χ4n) is 5.40. The first-order chi connectivity index (χ1) is 12.2. The maximum absolute atomic E-state index is 13.1. The predicted octanol–water partition coefficient (Wildman–Crippen LogP) is 5.63. The van der Waals surface area contributed by atoms with Crippen molar-refractivity contribution >= 4 is 5.78 Å². The van der Waals surface area contributed by atoms with Gasteiger partial charge in [-0.1, -0.05) is 82.2 Å². The third kappa shape index (κ3) is 4.00. The molecule has 3 rings (SSSR count). The lowest BCUT2D eigenvalue weighted by Crippen LogP contribution is -2.38. The highest BCUT2D eigenvalue weighted by Crippen LogP contribution is 2.57. The normalized spacial score (nSPS) is 31.2. The second kappa shape index (κ2) is 8.49. The van der Waals surface area contributed by atoms with Gasteiger partial charge in [-0.05, 0) is 36.7 Å². The van der Waals surface area contributed by atoms with Crippen LogP contribution in [0, 0.1) is 17.8 Å². The molecular formula is C23H34O2. The predicted molar refractivity (Wildman–Crippen MR) is 102 cm³/mol. The van der Waals surface area contributed by atoms with E-state index in [4.69, 9.17) is 0 Å². The van der Waals surface area contributed by atoms with Crippen molar-refractivity contribution in [2.45, 2.75) is 83.2 Å². The number of fused-ring (bicyclic) bond motifs is 1. The summed E-state index contributed by atoms with van der Waals surface area (Å²) in [4.78, 5) is 13.1. The van der Waals surface area contributed by atoms with Gasteiger partial charge in [0, 0.05) is 6.42 Å². The van der Waals surface area contributed by atoms with Crippen LogP contribution in [0.25, 0.3) is 0 Å². The lowest BCUT2D eigenvalue weighted by molar-refractivity contribution is -0.133. The van der Waals surface area contributed by atoms with E-state index in [2.05, 4.69) is 6.92 Å². The molecule has 4 atom stereocenters. The molecule has 0 bridgehead atoms.